The fourth-order valence-corrected chi connectivity index (χ4v) is 4.37. The largest absolute Gasteiger partial charge is 0.338 e. The molecule has 1 spiro atoms. The van der Waals surface area contributed by atoms with Gasteiger partial charge in [0.05, 0.1) is 0 Å². The second kappa shape index (κ2) is 6.71. The van der Waals surface area contributed by atoms with Crippen LogP contribution in [-0.4, -0.2) is 73.5 Å². The van der Waals surface area contributed by atoms with Crippen molar-refractivity contribution in [2.75, 3.05) is 46.8 Å². The number of nitrogens with zero attached hydrogens (tertiary/aromatic N) is 3. The molecule has 0 atom stereocenters. The van der Waals surface area contributed by atoms with Gasteiger partial charge < -0.3 is 9.80 Å². The van der Waals surface area contributed by atoms with Crippen molar-refractivity contribution in [3.63, 3.8) is 0 Å². The highest BCUT2D eigenvalue weighted by Crippen LogP contribution is 2.41. The van der Waals surface area contributed by atoms with Crippen molar-refractivity contribution in [3.8, 4) is 0 Å². The lowest BCUT2D eigenvalue weighted by Crippen LogP contribution is -2.59. The smallest absolute Gasteiger partial charge is 0.246 e. The molecule has 4 nitrogen and oxygen atoms in total. The summed E-state index contributed by atoms with van der Waals surface area (Å²) in [6.45, 7) is 5.26. The van der Waals surface area contributed by atoms with Gasteiger partial charge in [-0.1, -0.05) is 25.3 Å². The number of hydrogen-bond donors (Lipinski definition) is 0. The average Bonchev–Trinajstić information content (AvgIpc) is 2.91. The van der Waals surface area contributed by atoms with Gasteiger partial charge in [-0.3, -0.25) is 9.69 Å². The Morgan fingerprint density at radius 1 is 1.18 bits per heavy atom. The van der Waals surface area contributed by atoms with Gasteiger partial charge in [-0.25, -0.2) is 0 Å². The Hall–Kier alpha value is -0.870. The molecule has 0 unspecified atom stereocenters. The number of carbonyl (C=O) groups excluding carboxylic acids is 1. The number of carbonyl (C=O) groups is 1. The van der Waals surface area contributed by atoms with Crippen molar-refractivity contribution in [2.24, 2.45) is 5.41 Å². The highest BCUT2D eigenvalue weighted by molar-refractivity contribution is 5.88. The van der Waals surface area contributed by atoms with Crippen molar-refractivity contribution in [1.82, 2.24) is 14.7 Å². The lowest BCUT2D eigenvalue weighted by atomic mass is 9.79. The topological polar surface area (TPSA) is 26.8 Å². The van der Waals surface area contributed by atoms with Gasteiger partial charge in [0, 0.05) is 43.7 Å². The summed E-state index contributed by atoms with van der Waals surface area (Å²) in [6, 6.07) is 0.831. The Balaban J connectivity index is 1.44. The zero-order valence-electron chi connectivity index (χ0n) is 14.3. The van der Waals surface area contributed by atoms with Crippen LogP contribution in [0.2, 0.25) is 0 Å². The number of likely N-dealkylation sites (tertiary alicyclic amines) is 2. The summed E-state index contributed by atoms with van der Waals surface area (Å²) >= 11 is 0. The van der Waals surface area contributed by atoms with Crippen LogP contribution in [0, 0.1) is 5.41 Å². The predicted molar refractivity (Wildman–Crippen MR) is 89.8 cm³/mol. The summed E-state index contributed by atoms with van der Waals surface area (Å²) in [4.78, 5) is 19.0. The van der Waals surface area contributed by atoms with Gasteiger partial charge in [-0.2, -0.15) is 0 Å². The first-order valence-corrected chi connectivity index (χ1v) is 8.92. The fraction of sp³-hybridized carbons (Fsp3) is 0.833. The minimum atomic E-state index is 0.198. The SMILES string of the molecule is CN(C)C/C=C/C(=O)N1CC2(CCN(C3CCCCC3)C2)C1. The molecule has 1 amide bonds. The van der Waals surface area contributed by atoms with Crippen LogP contribution in [0.3, 0.4) is 0 Å². The van der Waals surface area contributed by atoms with Gasteiger partial charge in [-0.05, 0) is 39.9 Å². The van der Waals surface area contributed by atoms with Crippen LogP contribution in [0.5, 0.6) is 0 Å². The summed E-state index contributed by atoms with van der Waals surface area (Å²) < 4.78 is 0. The molecule has 1 saturated carbocycles. The molecule has 0 aromatic rings. The first-order chi connectivity index (χ1) is 10.6. The number of hydrogen-bond acceptors (Lipinski definition) is 3. The summed E-state index contributed by atoms with van der Waals surface area (Å²) in [5.41, 5.74) is 0.419. The van der Waals surface area contributed by atoms with Crippen LogP contribution in [0.4, 0.5) is 0 Å². The second-order valence-corrected chi connectivity index (χ2v) is 7.87. The highest BCUT2D eigenvalue weighted by Gasteiger charge is 2.49. The predicted octanol–water partition coefficient (Wildman–Crippen LogP) is 1.97. The average molecular weight is 305 g/mol. The standard InChI is InChI=1S/C18H31N3O/c1-19(2)11-6-9-17(22)21-14-18(15-21)10-12-20(13-18)16-7-4-3-5-8-16/h6,9,16H,3-5,7-8,10-15H2,1-2H3/b9-6+. The van der Waals surface area contributed by atoms with E-state index in [2.05, 4.69) is 9.80 Å². The number of amides is 1. The molecular weight excluding hydrogens is 274 g/mol. The first kappa shape index (κ1) is 16.0. The Bertz CT molecular complexity index is 420. The fourth-order valence-electron chi connectivity index (χ4n) is 4.37. The van der Waals surface area contributed by atoms with Gasteiger partial charge in [0.2, 0.25) is 5.91 Å². The maximum Gasteiger partial charge on any atom is 0.246 e. The van der Waals surface area contributed by atoms with E-state index in [1.807, 2.05) is 25.1 Å². The zero-order valence-corrected chi connectivity index (χ0v) is 14.3. The lowest BCUT2D eigenvalue weighted by molar-refractivity contribution is -0.137. The Kier molecular flexibility index (Phi) is 4.88. The van der Waals surface area contributed by atoms with Crippen LogP contribution in [0.1, 0.15) is 38.5 Å². The molecule has 124 valence electrons. The van der Waals surface area contributed by atoms with Crippen molar-refractivity contribution in [2.45, 2.75) is 44.6 Å². The third-order valence-electron chi connectivity index (χ3n) is 5.65. The molecule has 3 rings (SSSR count). The second-order valence-electron chi connectivity index (χ2n) is 7.87. The molecule has 2 saturated heterocycles. The minimum absolute atomic E-state index is 0.198. The van der Waals surface area contributed by atoms with Gasteiger partial charge in [0.1, 0.15) is 0 Å². The zero-order chi connectivity index (χ0) is 15.6. The molecule has 22 heavy (non-hydrogen) atoms. The van der Waals surface area contributed by atoms with Gasteiger partial charge in [-0.15, -0.1) is 0 Å². The van der Waals surface area contributed by atoms with Crippen LogP contribution in [0.15, 0.2) is 12.2 Å². The van der Waals surface area contributed by atoms with Crippen molar-refractivity contribution >= 4 is 5.91 Å². The maximum absolute atomic E-state index is 12.1. The van der Waals surface area contributed by atoms with Crippen LogP contribution in [0.25, 0.3) is 0 Å². The summed E-state index contributed by atoms with van der Waals surface area (Å²) in [7, 11) is 4.04. The third kappa shape index (κ3) is 3.54. The van der Waals surface area contributed by atoms with Crippen molar-refractivity contribution < 1.29 is 4.79 Å². The molecule has 0 N–H and O–H groups in total. The molecule has 2 aliphatic heterocycles. The highest BCUT2D eigenvalue weighted by atomic mass is 16.2. The van der Waals surface area contributed by atoms with E-state index in [1.165, 1.54) is 51.6 Å². The lowest BCUT2D eigenvalue weighted by Gasteiger charge is -2.48. The monoisotopic (exact) mass is 305 g/mol. The maximum atomic E-state index is 12.1. The van der Waals surface area contributed by atoms with Crippen LogP contribution >= 0.6 is 0 Å². The molecule has 0 radical (unpaired) electrons. The number of rotatable bonds is 4. The molecular formula is C18H31N3O. The van der Waals surface area contributed by atoms with E-state index in [0.29, 0.717) is 5.41 Å². The first-order valence-electron chi connectivity index (χ1n) is 8.92. The number of likely N-dealkylation sites (N-methyl/N-ethyl adjacent to an activating group) is 1. The van der Waals surface area contributed by atoms with E-state index >= 15 is 0 Å². The molecule has 0 bridgehead atoms. The summed E-state index contributed by atoms with van der Waals surface area (Å²) in [5.74, 6) is 0.198. The van der Waals surface area contributed by atoms with E-state index in [4.69, 9.17) is 0 Å². The van der Waals surface area contributed by atoms with E-state index in [0.717, 1.165) is 25.7 Å². The van der Waals surface area contributed by atoms with Crippen molar-refractivity contribution in [1.29, 1.82) is 0 Å². The van der Waals surface area contributed by atoms with Crippen LogP contribution in [-0.2, 0) is 4.79 Å². The summed E-state index contributed by atoms with van der Waals surface area (Å²) in [5, 5.41) is 0. The molecule has 0 aromatic carbocycles. The summed E-state index contributed by atoms with van der Waals surface area (Å²) in [6.07, 6.45) is 12.0. The van der Waals surface area contributed by atoms with Crippen LogP contribution < -0.4 is 0 Å². The van der Waals surface area contributed by atoms with E-state index in [1.54, 1.807) is 6.08 Å². The molecule has 4 heteroatoms. The Morgan fingerprint density at radius 2 is 1.91 bits per heavy atom. The third-order valence-corrected chi connectivity index (χ3v) is 5.65. The van der Waals surface area contributed by atoms with E-state index in [-0.39, 0.29) is 5.91 Å². The molecule has 1 aliphatic carbocycles. The van der Waals surface area contributed by atoms with Gasteiger partial charge in [0.25, 0.3) is 0 Å². The van der Waals surface area contributed by atoms with Gasteiger partial charge in [0.15, 0.2) is 0 Å². The van der Waals surface area contributed by atoms with E-state index in [9.17, 15) is 4.79 Å². The normalized spacial score (nSPS) is 26.2. The minimum Gasteiger partial charge on any atom is -0.338 e. The molecule has 3 aliphatic rings. The quantitative estimate of drug-likeness (QED) is 0.743. The Labute approximate surface area is 135 Å². The Morgan fingerprint density at radius 3 is 2.59 bits per heavy atom. The molecule has 0 aromatic heterocycles. The van der Waals surface area contributed by atoms with E-state index < -0.39 is 0 Å². The van der Waals surface area contributed by atoms with Crippen molar-refractivity contribution in [3.05, 3.63) is 12.2 Å². The molecule has 2 heterocycles. The van der Waals surface area contributed by atoms with Gasteiger partial charge >= 0.3 is 0 Å². The molecule has 3 fully saturated rings.